The third-order valence-electron chi connectivity index (χ3n) is 7.48. The number of hydrogen-bond acceptors (Lipinski definition) is 8. The Kier molecular flexibility index (Phi) is 10.6. The van der Waals surface area contributed by atoms with Crippen LogP contribution >= 0.6 is 0 Å². The fourth-order valence-electron chi connectivity index (χ4n) is 5.06. The van der Waals surface area contributed by atoms with Crippen molar-refractivity contribution < 1.29 is 32.6 Å². The van der Waals surface area contributed by atoms with E-state index in [1.165, 1.54) is 69.4 Å². The van der Waals surface area contributed by atoms with Gasteiger partial charge in [0.25, 0.3) is 11.8 Å². The molecule has 0 atom stereocenters. The van der Waals surface area contributed by atoms with E-state index in [1.54, 1.807) is 18.2 Å². The van der Waals surface area contributed by atoms with Gasteiger partial charge in [0.2, 0.25) is 0 Å². The monoisotopic (exact) mass is 631 g/mol. The van der Waals surface area contributed by atoms with Crippen molar-refractivity contribution in [2.75, 3.05) is 51.0 Å². The van der Waals surface area contributed by atoms with E-state index in [0.29, 0.717) is 40.4 Å². The first-order chi connectivity index (χ1) is 22.3. The van der Waals surface area contributed by atoms with Crippen molar-refractivity contribution in [2.45, 2.75) is 19.3 Å². The molecule has 0 aliphatic carbocycles. The maximum atomic E-state index is 15.3. The Hall–Kier alpha value is -5.23. The first kappa shape index (κ1) is 32.2. The van der Waals surface area contributed by atoms with Crippen LogP contribution in [0.3, 0.4) is 0 Å². The lowest BCUT2D eigenvalue weighted by molar-refractivity contribution is -0.118. The molecular formula is C34H35F2N5O5. The summed E-state index contributed by atoms with van der Waals surface area (Å²) >= 11 is 0. The molecule has 46 heavy (non-hydrogen) atoms. The minimum Gasteiger partial charge on any atom is -0.493 e. The van der Waals surface area contributed by atoms with Crippen LogP contribution in [0, 0.1) is 11.6 Å². The van der Waals surface area contributed by atoms with Crippen LogP contribution in [0.4, 0.5) is 20.2 Å². The number of likely N-dealkylation sites (tertiary alicyclic amines) is 1. The fraction of sp³-hybridized carbons (Fsp3) is 0.265. The highest BCUT2D eigenvalue weighted by molar-refractivity contribution is 6.26. The van der Waals surface area contributed by atoms with E-state index in [-0.39, 0.29) is 17.0 Å². The largest absolute Gasteiger partial charge is 0.493 e. The van der Waals surface area contributed by atoms with Crippen LogP contribution in [-0.2, 0) is 9.59 Å². The van der Waals surface area contributed by atoms with E-state index in [4.69, 9.17) is 14.2 Å². The van der Waals surface area contributed by atoms with Crippen molar-refractivity contribution in [3.63, 3.8) is 0 Å². The first-order valence-corrected chi connectivity index (χ1v) is 14.9. The third-order valence-corrected chi connectivity index (χ3v) is 7.48. The number of pyridine rings is 1. The quantitative estimate of drug-likeness (QED) is 0.0772. The number of aromatic nitrogens is 1. The van der Waals surface area contributed by atoms with Crippen molar-refractivity contribution in [1.82, 2.24) is 15.2 Å². The molecule has 0 unspecified atom stereocenters. The zero-order chi connectivity index (χ0) is 32.5. The van der Waals surface area contributed by atoms with Crippen LogP contribution in [0.25, 0.3) is 10.9 Å². The van der Waals surface area contributed by atoms with Crippen molar-refractivity contribution in [3.05, 3.63) is 90.3 Å². The molecule has 0 spiro atoms. The zero-order valence-electron chi connectivity index (χ0n) is 25.6. The van der Waals surface area contributed by atoms with Crippen molar-refractivity contribution in [2.24, 2.45) is 0 Å². The normalized spacial score (nSPS) is 13.6. The number of anilines is 2. The molecular weight excluding hydrogens is 596 g/mol. The van der Waals surface area contributed by atoms with E-state index in [9.17, 15) is 14.0 Å². The lowest BCUT2D eigenvalue weighted by atomic mass is 10.1. The Morgan fingerprint density at radius 1 is 0.826 bits per heavy atom. The third kappa shape index (κ3) is 8.07. The summed E-state index contributed by atoms with van der Waals surface area (Å²) < 4.78 is 45.3. The van der Waals surface area contributed by atoms with Crippen LogP contribution in [-0.4, -0.2) is 62.1 Å². The Morgan fingerprint density at radius 3 is 2.20 bits per heavy atom. The van der Waals surface area contributed by atoms with Crippen LogP contribution in [0.5, 0.6) is 23.0 Å². The van der Waals surface area contributed by atoms with Gasteiger partial charge in [0.05, 0.1) is 19.7 Å². The standard InChI is InChI=1S/C34H35F2N5O5/c1-44-31-19-25-28(20-32(31)45-2)38-13-12-29(25)46-30-11-10-24(18-27(30)36)40-34(43)26(21-37-14-17-41-15-4-3-5-16-41)33(42)39-23-8-6-22(35)7-9-23/h6-13,18-21,37H,3-5,14-17H2,1-2H3,(H,39,42)(H,40,43)/b26-21+. The Morgan fingerprint density at radius 2 is 1.50 bits per heavy atom. The molecule has 4 aromatic rings. The van der Waals surface area contributed by atoms with Gasteiger partial charge in [0.1, 0.15) is 17.1 Å². The number of hydrogen-bond donors (Lipinski definition) is 3. The number of nitrogens with one attached hydrogen (secondary N) is 3. The summed E-state index contributed by atoms with van der Waals surface area (Å²) in [6, 6.07) is 14.1. The number of ether oxygens (including phenoxy) is 3. The molecule has 12 heteroatoms. The van der Waals surface area contributed by atoms with Crippen LogP contribution in [0.2, 0.25) is 0 Å². The number of fused-ring (bicyclic) bond motifs is 1. The number of nitrogens with zero attached hydrogens (tertiary/aromatic N) is 2. The summed E-state index contributed by atoms with van der Waals surface area (Å²) in [7, 11) is 3.02. The summed E-state index contributed by atoms with van der Waals surface area (Å²) in [5.74, 6) is -1.50. The number of piperidine rings is 1. The maximum Gasteiger partial charge on any atom is 0.262 e. The predicted molar refractivity (Wildman–Crippen MR) is 171 cm³/mol. The molecule has 1 aromatic heterocycles. The topological polar surface area (TPSA) is 114 Å². The molecule has 0 saturated carbocycles. The molecule has 1 aliphatic heterocycles. The zero-order valence-corrected chi connectivity index (χ0v) is 25.6. The molecule has 10 nitrogen and oxygen atoms in total. The van der Waals surface area contributed by atoms with Crippen molar-refractivity contribution >= 4 is 34.1 Å². The smallest absolute Gasteiger partial charge is 0.262 e. The average molecular weight is 632 g/mol. The lowest BCUT2D eigenvalue weighted by Gasteiger charge is -2.26. The summed E-state index contributed by atoms with van der Waals surface area (Å²) in [5, 5.41) is 8.81. The molecule has 0 radical (unpaired) electrons. The summed E-state index contributed by atoms with van der Waals surface area (Å²) in [5.41, 5.74) is 0.735. The predicted octanol–water partition coefficient (Wildman–Crippen LogP) is 5.86. The highest BCUT2D eigenvalue weighted by atomic mass is 19.1. The van der Waals surface area contributed by atoms with Gasteiger partial charge in [-0.1, -0.05) is 6.42 Å². The highest BCUT2D eigenvalue weighted by Crippen LogP contribution is 2.37. The minimum absolute atomic E-state index is 0.0931. The van der Waals surface area contributed by atoms with Crippen LogP contribution in [0.15, 0.2) is 78.6 Å². The molecule has 2 amide bonds. The van der Waals surface area contributed by atoms with Gasteiger partial charge in [0.15, 0.2) is 23.1 Å². The van der Waals surface area contributed by atoms with Gasteiger partial charge in [-0.2, -0.15) is 0 Å². The van der Waals surface area contributed by atoms with Gasteiger partial charge >= 0.3 is 0 Å². The lowest BCUT2D eigenvalue weighted by Crippen LogP contribution is -2.35. The molecule has 2 heterocycles. The van der Waals surface area contributed by atoms with Gasteiger partial charge in [-0.3, -0.25) is 14.6 Å². The SMILES string of the molecule is COc1cc2nccc(Oc3ccc(NC(=O)/C(=C/NCCN4CCCCC4)C(=O)Nc4ccc(F)cc4)cc3F)c2cc1OC. The molecule has 3 N–H and O–H groups in total. The molecule has 240 valence electrons. The molecule has 1 aliphatic rings. The highest BCUT2D eigenvalue weighted by Gasteiger charge is 2.20. The van der Waals surface area contributed by atoms with Gasteiger partial charge in [-0.15, -0.1) is 0 Å². The maximum absolute atomic E-state index is 15.3. The second-order valence-electron chi connectivity index (χ2n) is 10.6. The second-order valence-corrected chi connectivity index (χ2v) is 10.6. The van der Waals surface area contributed by atoms with E-state index in [0.717, 1.165) is 38.5 Å². The van der Waals surface area contributed by atoms with E-state index >= 15 is 4.39 Å². The second kappa shape index (κ2) is 15.2. The number of carbonyl (C=O) groups excluding carboxylic acids is 2. The molecule has 1 saturated heterocycles. The number of benzene rings is 3. The number of amides is 2. The van der Waals surface area contributed by atoms with E-state index < -0.39 is 23.4 Å². The van der Waals surface area contributed by atoms with Crippen LogP contribution < -0.4 is 30.2 Å². The van der Waals surface area contributed by atoms with Gasteiger partial charge in [0, 0.05) is 54.4 Å². The van der Waals surface area contributed by atoms with E-state index in [2.05, 4.69) is 25.8 Å². The van der Waals surface area contributed by atoms with Gasteiger partial charge in [-0.25, -0.2) is 8.78 Å². The fourth-order valence-corrected chi connectivity index (χ4v) is 5.06. The Balaban J connectivity index is 1.31. The number of carbonyl (C=O) groups is 2. The molecule has 0 bridgehead atoms. The summed E-state index contributed by atoms with van der Waals surface area (Å²) in [6.07, 6.45) is 6.38. The van der Waals surface area contributed by atoms with Gasteiger partial charge < -0.3 is 35.1 Å². The number of methoxy groups -OCH3 is 2. The molecule has 3 aromatic carbocycles. The Bertz CT molecular complexity index is 1730. The number of rotatable bonds is 12. The molecule has 5 rings (SSSR count). The minimum atomic E-state index is -0.765. The van der Waals surface area contributed by atoms with Crippen molar-refractivity contribution in [3.8, 4) is 23.0 Å². The van der Waals surface area contributed by atoms with E-state index in [1.807, 2.05) is 0 Å². The summed E-state index contributed by atoms with van der Waals surface area (Å²) in [6.45, 7) is 3.29. The number of halogens is 2. The average Bonchev–Trinajstić information content (AvgIpc) is 3.06. The Labute approximate surface area is 265 Å². The van der Waals surface area contributed by atoms with Gasteiger partial charge in [-0.05, 0) is 74.5 Å². The van der Waals surface area contributed by atoms with Crippen molar-refractivity contribution in [1.29, 1.82) is 0 Å². The van der Waals surface area contributed by atoms with Crippen LogP contribution in [0.1, 0.15) is 19.3 Å². The first-order valence-electron chi connectivity index (χ1n) is 14.9. The molecule has 1 fully saturated rings. The summed E-state index contributed by atoms with van der Waals surface area (Å²) in [4.78, 5) is 33.1.